The van der Waals surface area contributed by atoms with Crippen LogP contribution in [0.2, 0.25) is 0 Å². The highest BCUT2D eigenvalue weighted by atomic mass is 16.5. The molecule has 0 aromatic heterocycles. The van der Waals surface area contributed by atoms with Gasteiger partial charge >= 0.3 is 0 Å². The molecule has 1 aliphatic rings. The van der Waals surface area contributed by atoms with Crippen LogP contribution < -0.4 is 10.1 Å². The van der Waals surface area contributed by atoms with E-state index in [0.29, 0.717) is 25.4 Å². The molecule has 5 heteroatoms. The smallest absolute Gasteiger partial charge is 0.257 e. The largest absolute Gasteiger partial charge is 0.497 e. The van der Waals surface area contributed by atoms with Crippen molar-refractivity contribution in [1.82, 2.24) is 4.90 Å². The Bertz CT molecular complexity index is 715. The number of anilines is 1. The van der Waals surface area contributed by atoms with Gasteiger partial charge in [-0.1, -0.05) is 18.2 Å². The Balaban J connectivity index is 1.87. The quantitative estimate of drug-likeness (QED) is 0.922. The van der Waals surface area contributed by atoms with Crippen LogP contribution in [0.4, 0.5) is 5.69 Å². The molecule has 0 bridgehead atoms. The number of hydrogen-bond donors (Lipinski definition) is 1. The lowest BCUT2D eigenvalue weighted by atomic mass is 10.0. The van der Waals surface area contributed by atoms with Gasteiger partial charge in [0, 0.05) is 19.3 Å². The second kappa shape index (κ2) is 6.71. The number of carbonyl (C=O) groups is 1. The summed E-state index contributed by atoms with van der Waals surface area (Å²) in [5.74, 6) is 0.850. The van der Waals surface area contributed by atoms with Gasteiger partial charge in [0.2, 0.25) is 0 Å². The lowest BCUT2D eigenvalue weighted by Crippen LogP contribution is -2.41. The molecular weight excluding hydrogens is 292 g/mol. The molecule has 120 valence electrons. The third-order valence-electron chi connectivity index (χ3n) is 3.97. The van der Waals surface area contributed by atoms with Gasteiger partial charge in [0.1, 0.15) is 5.75 Å². The van der Waals surface area contributed by atoms with E-state index in [4.69, 9.17) is 9.47 Å². The highest BCUT2D eigenvalue weighted by Gasteiger charge is 2.23. The van der Waals surface area contributed by atoms with Gasteiger partial charge < -0.3 is 19.7 Å². The van der Waals surface area contributed by atoms with Gasteiger partial charge in [-0.25, -0.2) is 0 Å². The zero-order valence-electron chi connectivity index (χ0n) is 13.3. The molecule has 0 saturated carbocycles. The Kier molecular flexibility index (Phi) is 4.48. The first-order valence-corrected chi connectivity index (χ1v) is 7.53. The van der Waals surface area contributed by atoms with Crippen LogP contribution in [-0.4, -0.2) is 44.8 Å². The maximum atomic E-state index is 12.5. The van der Waals surface area contributed by atoms with E-state index in [1.54, 1.807) is 19.1 Å². The molecular formula is C18H20N2O3. The monoisotopic (exact) mass is 312 g/mol. The normalized spacial score (nSPS) is 13.5. The number of methoxy groups -OCH3 is 2. The van der Waals surface area contributed by atoms with E-state index >= 15 is 0 Å². The number of fused-ring (bicyclic) bond motifs is 1. The standard InChI is InChI=1S/C18H20N2O3/c1-22-9-8-20-12-19-17-11-14(6-7-16(17)18(20)21)13-4-3-5-15(10-13)23-2/h3-7,10-11,19H,8-9,12H2,1-2H3. The number of benzene rings is 2. The highest BCUT2D eigenvalue weighted by molar-refractivity contribution is 6.02. The first kappa shape index (κ1) is 15.4. The van der Waals surface area contributed by atoms with E-state index in [0.717, 1.165) is 22.6 Å². The lowest BCUT2D eigenvalue weighted by molar-refractivity contribution is 0.0700. The molecule has 0 spiro atoms. The molecule has 0 atom stereocenters. The zero-order valence-corrected chi connectivity index (χ0v) is 13.3. The molecule has 0 aliphatic carbocycles. The van der Waals surface area contributed by atoms with Gasteiger partial charge in [-0.15, -0.1) is 0 Å². The van der Waals surface area contributed by atoms with E-state index < -0.39 is 0 Å². The van der Waals surface area contributed by atoms with Crippen molar-refractivity contribution in [3.63, 3.8) is 0 Å². The van der Waals surface area contributed by atoms with Crippen LogP contribution in [0.1, 0.15) is 10.4 Å². The molecule has 0 saturated heterocycles. The van der Waals surface area contributed by atoms with Crippen molar-refractivity contribution in [3.8, 4) is 16.9 Å². The maximum Gasteiger partial charge on any atom is 0.257 e. The minimum absolute atomic E-state index is 0.0352. The highest BCUT2D eigenvalue weighted by Crippen LogP contribution is 2.30. The van der Waals surface area contributed by atoms with E-state index in [1.165, 1.54) is 0 Å². The van der Waals surface area contributed by atoms with Crippen LogP contribution in [0.15, 0.2) is 42.5 Å². The predicted octanol–water partition coefficient (Wildman–Crippen LogP) is 2.83. The zero-order chi connectivity index (χ0) is 16.2. The molecule has 3 rings (SSSR count). The second-order valence-electron chi connectivity index (χ2n) is 5.39. The Morgan fingerprint density at radius 1 is 1.13 bits per heavy atom. The molecule has 1 amide bonds. The van der Waals surface area contributed by atoms with Crippen molar-refractivity contribution < 1.29 is 14.3 Å². The summed E-state index contributed by atoms with van der Waals surface area (Å²) in [6.07, 6.45) is 0. The van der Waals surface area contributed by atoms with Crippen molar-refractivity contribution in [2.45, 2.75) is 0 Å². The first-order valence-electron chi connectivity index (χ1n) is 7.53. The average Bonchev–Trinajstić information content (AvgIpc) is 2.61. The SMILES string of the molecule is COCCN1CNc2cc(-c3cccc(OC)c3)ccc2C1=O. The summed E-state index contributed by atoms with van der Waals surface area (Å²) in [7, 11) is 3.29. The summed E-state index contributed by atoms with van der Waals surface area (Å²) in [5, 5.41) is 3.31. The fourth-order valence-electron chi connectivity index (χ4n) is 2.66. The number of ether oxygens (including phenoxy) is 2. The predicted molar refractivity (Wildman–Crippen MR) is 89.8 cm³/mol. The Morgan fingerprint density at radius 2 is 1.96 bits per heavy atom. The average molecular weight is 312 g/mol. The van der Waals surface area contributed by atoms with Crippen molar-refractivity contribution >= 4 is 11.6 Å². The molecule has 0 fully saturated rings. The van der Waals surface area contributed by atoms with Gasteiger partial charge in [-0.3, -0.25) is 4.79 Å². The van der Waals surface area contributed by atoms with E-state index in [1.807, 2.05) is 42.5 Å². The Labute approximate surface area is 135 Å². The lowest BCUT2D eigenvalue weighted by Gasteiger charge is -2.29. The molecule has 5 nitrogen and oxygen atoms in total. The molecule has 23 heavy (non-hydrogen) atoms. The summed E-state index contributed by atoms with van der Waals surface area (Å²) < 4.78 is 10.3. The minimum Gasteiger partial charge on any atom is -0.497 e. The van der Waals surface area contributed by atoms with E-state index in [2.05, 4.69) is 5.32 Å². The van der Waals surface area contributed by atoms with Gasteiger partial charge in [0.05, 0.1) is 25.9 Å². The molecule has 0 unspecified atom stereocenters. The topological polar surface area (TPSA) is 50.8 Å². The molecule has 1 heterocycles. The number of rotatable bonds is 5. The van der Waals surface area contributed by atoms with Gasteiger partial charge in [-0.2, -0.15) is 0 Å². The number of amides is 1. The number of nitrogens with zero attached hydrogens (tertiary/aromatic N) is 1. The van der Waals surface area contributed by atoms with Crippen LogP contribution in [0.25, 0.3) is 11.1 Å². The molecule has 1 N–H and O–H groups in total. The summed E-state index contributed by atoms with van der Waals surface area (Å²) >= 11 is 0. The molecule has 0 radical (unpaired) electrons. The maximum absolute atomic E-state index is 12.5. The summed E-state index contributed by atoms with van der Waals surface area (Å²) in [6.45, 7) is 1.61. The van der Waals surface area contributed by atoms with Crippen molar-refractivity contribution in [3.05, 3.63) is 48.0 Å². The van der Waals surface area contributed by atoms with Crippen molar-refractivity contribution in [2.24, 2.45) is 0 Å². The van der Waals surface area contributed by atoms with Gasteiger partial charge in [-0.05, 0) is 35.4 Å². The van der Waals surface area contributed by atoms with Crippen LogP contribution >= 0.6 is 0 Å². The fourth-order valence-corrected chi connectivity index (χ4v) is 2.66. The third kappa shape index (κ3) is 3.14. The third-order valence-corrected chi connectivity index (χ3v) is 3.97. The second-order valence-corrected chi connectivity index (χ2v) is 5.39. The number of hydrogen-bond acceptors (Lipinski definition) is 4. The summed E-state index contributed by atoms with van der Waals surface area (Å²) in [6, 6.07) is 13.7. The van der Waals surface area contributed by atoms with Gasteiger partial charge in [0.15, 0.2) is 0 Å². The summed E-state index contributed by atoms with van der Waals surface area (Å²) in [4.78, 5) is 14.2. The van der Waals surface area contributed by atoms with E-state index in [9.17, 15) is 4.79 Å². The van der Waals surface area contributed by atoms with Crippen LogP contribution in [0.3, 0.4) is 0 Å². The molecule has 2 aromatic rings. The number of nitrogens with one attached hydrogen (secondary N) is 1. The fraction of sp³-hybridized carbons (Fsp3) is 0.278. The molecule has 2 aromatic carbocycles. The van der Waals surface area contributed by atoms with Gasteiger partial charge in [0.25, 0.3) is 5.91 Å². The van der Waals surface area contributed by atoms with E-state index in [-0.39, 0.29) is 5.91 Å². The van der Waals surface area contributed by atoms with Crippen molar-refractivity contribution in [1.29, 1.82) is 0 Å². The number of carbonyl (C=O) groups excluding carboxylic acids is 1. The van der Waals surface area contributed by atoms with Crippen LogP contribution in [0, 0.1) is 0 Å². The summed E-state index contributed by atoms with van der Waals surface area (Å²) in [5.41, 5.74) is 3.67. The van der Waals surface area contributed by atoms with Crippen molar-refractivity contribution in [2.75, 3.05) is 39.4 Å². The Hall–Kier alpha value is -2.53. The van der Waals surface area contributed by atoms with Crippen LogP contribution in [0.5, 0.6) is 5.75 Å². The first-order chi connectivity index (χ1) is 11.2. The Morgan fingerprint density at radius 3 is 2.74 bits per heavy atom. The van der Waals surface area contributed by atoms with Crippen LogP contribution in [-0.2, 0) is 4.74 Å². The minimum atomic E-state index is 0.0352. The molecule has 1 aliphatic heterocycles.